The minimum atomic E-state index is -0.0997. The molecule has 1 aromatic heterocycles. The van der Waals surface area contributed by atoms with E-state index in [4.69, 9.17) is 4.74 Å². The second-order valence-corrected chi connectivity index (χ2v) is 6.80. The van der Waals surface area contributed by atoms with E-state index in [9.17, 15) is 4.79 Å². The molecule has 27 heavy (non-hydrogen) atoms. The molecule has 0 aliphatic rings. The summed E-state index contributed by atoms with van der Waals surface area (Å²) in [5.74, 6) is 1.59. The van der Waals surface area contributed by atoms with Crippen LogP contribution in [0.1, 0.15) is 0 Å². The van der Waals surface area contributed by atoms with Gasteiger partial charge in [0.15, 0.2) is 5.16 Å². The minimum Gasteiger partial charge on any atom is -0.457 e. The van der Waals surface area contributed by atoms with Crippen LogP contribution < -0.4 is 10.1 Å². The molecule has 6 heteroatoms. The second-order valence-electron chi connectivity index (χ2n) is 5.84. The molecule has 0 fully saturated rings. The molecule has 134 valence electrons. The van der Waals surface area contributed by atoms with E-state index in [1.54, 1.807) is 6.07 Å². The highest BCUT2D eigenvalue weighted by Gasteiger charge is 2.08. The molecule has 2 N–H and O–H groups in total. The SMILES string of the molecule is O=C(CSc1nc2ccccc2[nH]1)Nc1cccc(Oc2ccccc2)c1. The lowest BCUT2D eigenvalue weighted by Gasteiger charge is -2.08. The van der Waals surface area contributed by atoms with Gasteiger partial charge in [-0.1, -0.05) is 48.2 Å². The number of H-pyrrole nitrogens is 1. The van der Waals surface area contributed by atoms with Crippen molar-refractivity contribution in [2.24, 2.45) is 0 Å². The first-order chi connectivity index (χ1) is 13.3. The van der Waals surface area contributed by atoms with Crippen molar-refractivity contribution in [3.05, 3.63) is 78.9 Å². The molecule has 0 aliphatic carbocycles. The van der Waals surface area contributed by atoms with Gasteiger partial charge in [0.25, 0.3) is 0 Å². The van der Waals surface area contributed by atoms with Crippen LogP contribution in [-0.2, 0) is 4.79 Å². The van der Waals surface area contributed by atoms with E-state index in [2.05, 4.69) is 15.3 Å². The van der Waals surface area contributed by atoms with Gasteiger partial charge in [-0.05, 0) is 36.4 Å². The van der Waals surface area contributed by atoms with E-state index in [0.29, 0.717) is 11.4 Å². The number of aromatic nitrogens is 2. The monoisotopic (exact) mass is 375 g/mol. The van der Waals surface area contributed by atoms with Crippen molar-refractivity contribution in [1.29, 1.82) is 0 Å². The lowest BCUT2D eigenvalue weighted by atomic mass is 10.3. The zero-order chi connectivity index (χ0) is 18.5. The van der Waals surface area contributed by atoms with Gasteiger partial charge in [-0.15, -0.1) is 0 Å². The van der Waals surface area contributed by atoms with Gasteiger partial charge >= 0.3 is 0 Å². The number of carbonyl (C=O) groups excluding carboxylic acids is 1. The summed E-state index contributed by atoms with van der Waals surface area (Å²) in [5, 5.41) is 3.62. The van der Waals surface area contributed by atoms with E-state index < -0.39 is 0 Å². The van der Waals surface area contributed by atoms with Crippen LogP contribution in [0, 0.1) is 0 Å². The molecule has 3 aromatic carbocycles. The van der Waals surface area contributed by atoms with Crippen molar-refractivity contribution in [3.8, 4) is 11.5 Å². The maximum atomic E-state index is 12.3. The van der Waals surface area contributed by atoms with Crippen LogP contribution in [0.3, 0.4) is 0 Å². The van der Waals surface area contributed by atoms with Gasteiger partial charge < -0.3 is 15.0 Å². The first kappa shape index (κ1) is 17.2. The number of hydrogen-bond donors (Lipinski definition) is 2. The topological polar surface area (TPSA) is 67.0 Å². The van der Waals surface area contributed by atoms with Crippen molar-refractivity contribution >= 4 is 34.4 Å². The lowest BCUT2D eigenvalue weighted by molar-refractivity contribution is -0.113. The van der Waals surface area contributed by atoms with Gasteiger partial charge in [0.05, 0.1) is 16.8 Å². The molecule has 0 bridgehead atoms. The number of fused-ring (bicyclic) bond motifs is 1. The normalized spacial score (nSPS) is 10.7. The Balaban J connectivity index is 1.35. The number of anilines is 1. The number of nitrogens with one attached hydrogen (secondary N) is 2. The molecular formula is C21H17N3O2S. The van der Waals surface area contributed by atoms with Crippen LogP contribution >= 0.6 is 11.8 Å². The Hall–Kier alpha value is -3.25. The summed E-state index contributed by atoms with van der Waals surface area (Å²) in [4.78, 5) is 19.9. The summed E-state index contributed by atoms with van der Waals surface area (Å²) < 4.78 is 5.79. The summed E-state index contributed by atoms with van der Waals surface area (Å²) >= 11 is 1.37. The Morgan fingerprint density at radius 3 is 2.59 bits per heavy atom. The van der Waals surface area contributed by atoms with E-state index in [1.807, 2.05) is 72.8 Å². The van der Waals surface area contributed by atoms with Crippen LogP contribution in [0.4, 0.5) is 5.69 Å². The molecule has 0 atom stereocenters. The largest absolute Gasteiger partial charge is 0.457 e. The van der Waals surface area contributed by atoms with Crippen molar-refractivity contribution in [2.75, 3.05) is 11.1 Å². The van der Waals surface area contributed by atoms with Crippen molar-refractivity contribution in [2.45, 2.75) is 5.16 Å². The highest BCUT2D eigenvalue weighted by molar-refractivity contribution is 7.99. The summed E-state index contributed by atoms with van der Waals surface area (Å²) in [6, 6.07) is 24.7. The number of ether oxygens (including phenoxy) is 1. The zero-order valence-electron chi connectivity index (χ0n) is 14.4. The van der Waals surface area contributed by atoms with Gasteiger partial charge in [0.2, 0.25) is 5.91 Å². The summed E-state index contributed by atoms with van der Waals surface area (Å²) in [6.45, 7) is 0. The molecule has 1 amide bonds. The smallest absolute Gasteiger partial charge is 0.234 e. The molecule has 0 aliphatic heterocycles. The number of amides is 1. The molecule has 5 nitrogen and oxygen atoms in total. The standard InChI is InChI=1S/C21H17N3O2S/c25-20(14-27-21-23-18-11-4-5-12-19(18)24-21)22-15-7-6-10-17(13-15)26-16-8-2-1-3-9-16/h1-13H,14H2,(H,22,25)(H,23,24). The second kappa shape index (κ2) is 7.97. The molecule has 4 aromatic rings. The van der Waals surface area contributed by atoms with Crippen LogP contribution in [0.15, 0.2) is 84.0 Å². The fraction of sp³-hybridized carbons (Fsp3) is 0.0476. The molecule has 0 saturated carbocycles. The third-order valence-corrected chi connectivity index (χ3v) is 4.68. The van der Waals surface area contributed by atoms with Gasteiger partial charge in [-0.3, -0.25) is 4.79 Å². The van der Waals surface area contributed by atoms with Crippen LogP contribution in [0.5, 0.6) is 11.5 Å². The number of hydrogen-bond acceptors (Lipinski definition) is 4. The molecule has 0 unspecified atom stereocenters. The Morgan fingerprint density at radius 2 is 1.74 bits per heavy atom. The average molecular weight is 375 g/mol. The summed E-state index contributed by atoms with van der Waals surface area (Å²) in [6.07, 6.45) is 0. The van der Waals surface area contributed by atoms with E-state index in [-0.39, 0.29) is 11.7 Å². The average Bonchev–Trinajstić information content (AvgIpc) is 3.11. The van der Waals surface area contributed by atoms with Gasteiger partial charge in [0, 0.05) is 11.8 Å². The maximum absolute atomic E-state index is 12.3. The van der Waals surface area contributed by atoms with Crippen LogP contribution in [0.2, 0.25) is 0 Å². The number of imidazole rings is 1. The highest BCUT2D eigenvalue weighted by Crippen LogP contribution is 2.24. The Morgan fingerprint density at radius 1 is 0.963 bits per heavy atom. The third-order valence-electron chi connectivity index (χ3n) is 3.80. The summed E-state index contributed by atoms with van der Waals surface area (Å²) in [5.41, 5.74) is 2.55. The number of carbonyl (C=O) groups is 1. The molecular weight excluding hydrogens is 358 g/mol. The van der Waals surface area contributed by atoms with Gasteiger partial charge in [-0.2, -0.15) is 0 Å². The van der Waals surface area contributed by atoms with Gasteiger partial charge in [0.1, 0.15) is 11.5 Å². The minimum absolute atomic E-state index is 0.0997. The Bertz CT molecular complexity index is 1030. The van der Waals surface area contributed by atoms with E-state index >= 15 is 0 Å². The van der Waals surface area contributed by atoms with Gasteiger partial charge in [-0.25, -0.2) is 4.98 Å². The third kappa shape index (κ3) is 4.48. The number of nitrogens with zero attached hydrogens (tertiary/aromatic N) is 1. The van der Waals surface area contributed by atoms with Crippen LogP contribution in [0.25, 0.3) is 11.0 Å². The van der Waals surface area contributed by atoms with E-state index in [1.165, 1.54) is 11.8 Å². The fourth-order valence-corrected chi connectivity index (χ4v) is 3.28. The quantitative estimate of drug-likeness (QED) is 0.461. The maximum Gasteiger partial charge on any atom is 0.234 e. The number of benzene rings is 3. The van der Waals surface area contributed by atoms with Crippen LogP contribution in [-0.4, -0.2) is 21.6 Å². The Kier molecular flexibility index (Phi) is 5.07. The first-order valence-corrected chi connectivity index (χ1v) is 9.45. The van der Waals surface area contributed by atoms with Crippen molar-refractivity contribution in [3.63, 3.8) is 0 Å². The highest BCUT2D eigenvalue weighted by atomic mass is 32.2. The molecule has 0 spiro atoms. The lowest BCUT2D eigenvalue weighted by Crippen LogP contribution is -2.14. The number of thioether (sulfide) groups is 1. The van der Waals surface area contributed by atoms with Crippen molar-refractivity contribution in [1.82, 2.24) is 9.97 Å². The van der Waals surface area contributed by atoms with Crippen molar-refractivity contribution < 1.29 is 9.53 Å². The number of aromatic amines is 1. The molecule has 0 saturated heterocycles. The van der Waals surface area contributed by atoms with E-state index in [0.717, 1.165) is 21.9 Å². The fourth-order valence-electron chi connectivity index (χ4n) is 2.59. The summed E-state index contributed by atoms with van der Waals surface area (Å²) in [7, 11) is 0. The first-order valence-electron chi connectivity index (χ1n) is 8.47. The Labute approximate surface area is 160 Å². The number of para-hydroxylation sites is 3. The molecule has 0 radical (unpaired) electrons. The zero-order valence-corrected chi connectivity index (χ0v) is 15.2. The number of rotatable bonds is 6. The molecule has 1 heterocycles. The predicted octanol–water partition coefficient (Wildman–Crippen LogP) is 5.09. The predicted molar refractivity (Wildman–Crippen MR) is 108 cm³/mol. The molecule has 4 rings (SSSR count).